The van der Waals surface area contributed by atoms with Gasteiger partial charge in [-0.1, -0.05) is 11.6 Å². The van der Waals surface area contributed by atoms with Crippen molar-refractivity contribution >= 4 is 34.9 Å². The van der Waals surface area contributed by atoms with E-state index < -0.39 is 18.0 Å². The van der Waals surface area contributed by atoms with Crippen LogP contribution in [-0.2, 0) is 14.3 Å². The number of halogens is 1. The smallest absolute Gasteiger partial charge is 0.354 e. The van der Waals surface area contributed by atoms with Crippen LogP contribution >= 0.6 is 11.6 Å². The van der Waals surface area contributed by atoms with Crippen LogP contribution in [-0.4, -0.2) is 35.4 Å². The van der Waals surface area contributed by atoms with Crippen molar-refractivity contribution in [3.05, 3.63) is 29.3 Å². The van der Waals surface area contributed by atoms with E-state index in [2.05, 4.69) is 5.10 Å². The third-order valence-corrected chi connectivity index (χ3v) is 3.05. The van der Waals surface area contributed by atoms with Gasteiger partial charge in [-0.2, -0.15) is 5.10 Å². The van der Waals surface area contributed by atoms with E-state index >= 15 is 0 Å². The Morgan fingerprint density at radius 2 is 2.10 bits per heavy atom. The molecule has 1 atom stereocenters. The summed E-state index contributed by atoms with van der Waals surface area (Å²) in [6.07, 6.45) is 0.0107. The van der Waals surface area contributed by atoms with Crippen LogP contribution in [0, 0.1) is 0 Å². The molecule has 0 radical (unpaired) electrons. The summed E-state index contributed by atoms with van der Waals surface area (Å²) in [5, 5.41) is 15.1. The van der Waals surface area contributed by atoms with E-state index in [0.29, 0.717) is 10.7 Å². The maximum atomic E-state index is 11.7. The second-order valence-electron chi connectivity index (χ2n) is 4.15. The zero-order chi connectivity index (χ0) is 14.7. The third kappa shape index (κ3) is 2.91. The number of aliphatic carboxylic acids is 1. The number of hydrogen-bond acceptors (Lipinski definition) is 5. The largest absolute Gasteiger partial charge is 0.480 e. The number of ether oxygens (including phenoxy) is 1. The molecule has 1 aliphatic heterocycles. The van der Waals surface area contributed by atoms with Gasteiger partial charge in [0.1, 0.15) is 5.71 Å². The zero-order valence-electron chi connectivity index (χ0n) is 10.7. The van der Waals surface area contributed by atoms with Gasteiger partial charge in [0.2, 0.25) is 0 Å². The number of benzene rings is 1. The number of carbonyl (C=O) groups excluding carboxylic acids is 1. The van der Waals surface area contributed by atoms with Crippen LogP contribution in [0.5, 0.6) is 0 Å². The zero-order valence-corrected chi connectivity index (χ0v) is 11.5. The fraction of sp³-hybridized carbons (Fsp3) is 0.308. The van der Waals surface area contributed by atoms with Gasteiger partial charge in [0.25, 0.3) is 0 Å². The van der Waals surface area contributed by atoms with Gasteiger partial charge >= 0.3 is 11.9 Å². The van der Waals surface area contributed by atoms with Crippen molar-refractivity contribution in [2.75, 3.05) is 11.6 Å². The summed E-state index contributed by atoms with van der Waals surface area (Å²) in [6.45, 7) is 1.90. The molecule has 0 aromatic heterocycles. The number of hydrazone groups is 1. The molecule has 1 aromatic rings. The van der Waals surface area contributed by atoms with Crippen LogP contribution in [0.1, 0.15) is 13.3 Å². The molecule has 106 valence electrons. The minimum atomic E-state index is -1.05. The minimum absolute atomic E-state index is 0.0107. The fourth-order valence-corrected chi connectivity index (χ4v) is 2.00. The Balaban J connectivity index is 2.29. The highest BCUT2D eigenvalue weighted by Crippen LogP contribution is 2.26. The number of carbonyl (C=O) groups is 2. The Morgan fingerprint density at radius 1 is 1.45 bits per heavy atom. The molecular formula is C13H13ClN2O4. The van der Waals surface area contributed by atoms with Crippen molar-refractivity contribution in [2.45, 2.75) is 19.4 Å². The van der Waals surface area contributed by atoms with Gasteiger partial charge in [-0.15, -0.1) is 0 Å². The van der Waals surface area contributed by atoms with Crippen LogP contribution in [0.2, 0.25) is 5.02 Å². The van der Waals surface area contributed by atoms with Gasteiger partial charge in [-0.25, -0.2) is 9.59 Å². The van der Waals surface area contributed by atoms with Crippen molar-refractivity contribution in [1.29, 1.82) is 0 Å². The topological polar surface area (TPSA) is 79.2 Å². The molecule has 2 rings (SSSR count). The second-order valence-corrected chi connectivity index (χ2v) is 4.58. The Morgan fingerprint density at radius 3 is 2.65 bits per heavy atom. The number of esters is 1. The Bertz CT molecular complexity index is 556. The van der Waals surface area contributed by atoms with Crippen molar-refractivity contribution in [2.24, 2.45) is 5.10 Å². The third-order valence-electron chi connectivity index (χ3n) is 2.80. The molecule has 1 heterocycles. The number of rotatable bonds is 4. The molecular weight excluding hydrogens is 284 g/mol. The van der Waals surface area contributed by atoms with Gasteiger partial charge < -0.3 is 9.84 Å². The first-order valence-electron chi connectivity index (χ1n) is 6.05. The number of anilines is 1. The number of hydrogen-bond donors (Lipinski definition) is 1. The van der Waals surface area contributed by atoms with E-state index in [0.717, 1.165) is 0 Å². The van der Waals surface area contributed by atoms with Gasteiger partial charge in [0, 0.05) is 11.4 Å². The molecule has 0 bridgehead atoms. The van der Waals surface area contributed by atoms with E-state index in [9.17, 15) is 14.7 Å². The average Bonchev–Trinajstić information content (AvgIpc) is 2.85. The molecule has 0 saturated heterocycles. The van der Waals surface area contributed by atoms with Gasteiger partial charge in [0.05, 0.1) is 12.3 Å². The van der Waals surface area contributed by atoms with Crippen LogP contribution in [0.3, 0.4) is 0 Å². The Hall–Kier alpha value is -2.08. The summed E-state index contributed by atoms with van der Waals surface area (Å²) in [5.74, 6) is -1.64. The summed E-state index contributed by atoms with van der Waals surface area (Å²) in [7, 11) is 0. The number of carboxylic acids is 1. The van der Waals surface area contributed by atoms with E-state index in [4.69, 9.17) is 16.3 Å². The monoisotopic (exact) mass is 296 g/mol. The predicted octanol–water partition coefficient (Wildman–Crippen LogP) is 1.92. The maximum absolute atomic E-state index is 11.7. The molecule has 0 unspecified atom stereocenters. The van der Waals surface area contributed by atoms with Crippen LogP contribution in [0.25, 0.3) is 0 Å². The molecule has 0 spiro atoms. The molecule has 1 aromatic carbocycles. The van der Waals surface area contributed by atoms with Crippen LogP contribution < -0.4 is 5.01 Å². The summed E-state index contributed by atoms with van der Waals surface area (Å²) in [5.41, 5.74) is 0.662. The van der Waals surface area contributed by atoms with E-state index in [1.165, 1.54) is 5.01 Å². The highest BCUT2D eigenvalue weighted by Gasteiger charge is 2.36. The summed E-state index contributed by atoms with van der Waals surface area (Å²) in [6, 6.07) is 5.64. The van der Waals surface area contributed by atoms with Gasteiger partial charge in [-0.3, -0.25) is 5.01 Å². The lowest BCUT2D eigenvalue weighted by molar-refractivity contribution is -0.138. The average molecular weight is 297 g/mol. The first-order chi connectivity index (χ1) is 9.52. The highest BCUT2D eigenvalue weighted by molar-refractivity contribution is 6.38. The fourth-order valence-electron chi connectivity index (χ4n) is 1.87. The number of nitrogens with zero attached hydrogens (tertiary/aromatic N) is 2. The van der Waals surface area contributed by atoms with Crippen LogP contribution in [0.15, 0.2) is 29.4 Å². The molecule has 20 heavy (non-hydrogen) atoms. The number of carboxylic acid groups (broad SMARTS) is 1. The van der Waals surface area contributed by atoms with Crippen molar-refractivity contribution < 1.29 is 19.4 Å². The van der Waals surface area contributed by atoms with Crippen molar-refractivity contribution in [3.63, 3.8) is 0 Å². The van der Waals surface area contributed by atoms with E-state index in [1.54, 1.807) is 31.2 Å². The Labute approximate surface area is 120 Å². The van der Waals surface area contributed by atoms with Gasteiger partial charge in [0.15, 0.2) is 6.04 Å². The van der Waals surface area contributed by atoms with Crippen molar-refractivity contribution in [3.8, 4) is 0 Å². The summed E-state index contributed by atoms with van der Waals surface area (Å²) >= 11 is 5.79. The highest BCUT2D eigenvalue weighted by atomic mass is 35.5. The quantitative estimate of drug-likeness (QED) is 0.859. The Kier molecular flexibility index (Phi) is 4.24. The minimum Gasteiger partial charge on any atom is -0.480 e. The van der Waals surface area contributed by atoms with E-state index in [-0.39, 0.29) is 18.7 Å². The molecule has 1 N–H and O–H groups in total. The molecule has 7 heteroatoms. The standard InChI is InChI=1S/C13H13ClN2O4/c1-2-20-13(19)10-7-11(12(17)18)16(15-10)9-5-3-8(14)4-6-9/h3-6,11H,2,7H2,1H3,(H,17,18)/t11-/m1/s1. The molecule has 0 fully saturated rings. The normalized spacial score (nSPS) is 17.8. The molecule has 6 nitrogen and oxygen atoms in total. The van der Waals surface area contributed by atoms with Gasteiger partial charge in [-0.05, 0) is 31.2 Å². The lowest BCUT2D eigenvalue weighted by Crippen LogP contribution is -2.34. The first-order valence-corrected chi connectivity index (χ1v) is 6.43. The van der Waals surface area contributed by atoms with Crippen LogP contribution in [0.4, 0.5) is 5.69 Å². The predicted molar refractivity (Wildman–Crippen MR) is 74.0 cm³/mol. The summed E-state index contributed by atoms with van der Waals surface area (Å²) in [4.78, 5) is 22.9. The lowest BCUT2D eigenvalue weighted by Gasteiger charge is -2.19. The molecule has 1 aliphatic rings. The first kappa shape index (κ1) is 14.3. The lowest BCUT2D eigenvalue weighted by atomic mass is 10.1. The van der Waals surface area contributed by atoms with Crippen molar-refractivity contribution in [1.82, 2.24) is 0 Å². The molecule has 0 saturated carbocycles. The van der Waals surface area contributed by atoms with E-state index in [1.807, 2.05) is 0 Å². The second kappa shape index (κ2) is 5.92. The molecule has 0 amide bonds. The SMILES string of the molecule is CCOC(=O)C1=NN(c2ccc(Cl)cc2)[C@@H](C(=O)O)C1. The summed E-state index contributed by atoms with van der Waals surface area (Å²) < 4.78 is 4.85. The maximum Gasteiger partial charge on any atom is 0.354 e. The molecule has 0 aliphatic carbocycles.